The van der Waals surface area contributed by atoms with Crippen molar-refractivity contribution >= 4 is 21.9 Å². The Bertz CT molecular complexity index is 397. The first-order valence-electron chi connectivity index (χ1n) is 3.72. The minimum Gasteiger partial charge on any atom is -0.550 e. The van der Waals surface area contributed by atoms with Gasteiger partial charge in [0.1, 0.15) is 0 Å². The Balaban J connectivity index is 0.00000225. The van der Waals surface area contributed by atoms with Crippen molar-refractivity contribution in [3.63, 3.8) is 0 Å². The second-order valence-electron chi connectivity index (χ2n) is 2.70. The van der Waals surface area contributed by atoms with Crippen molar-refractivity contribution in [2.45, 2.75) is 12.6 Å². The van der Waals surface area contributed by atoms with E-state index < -0.39 is 24.1 Å². The number of pyridine rings is 1. The van der Waals surface area contributed by atoms with Crippen molar-refractivity contribution in [3.05, 3.63) is 28.0 Å². The van der Waals surface area contributed by atoms with Crippen molar-refractivity contribution in [1.82, 2.24) is 4.98 Å². The molecule has 0 saturated heterocycles. The molecule has 0 saturated carbocycles. The van der Waals surface area contributed by atoms with Crippen molar-refractivity contribution in [1.29, 1.82) is 0 Å². The number of hydrogen-bond acceptors (Lipinski definition) is 3. The van der Waals surface area contributed by atoms with E-state index in [9.17, 15) is 23.1 Å². The fraction of sp³-hybridized carbons (Fsp3) is 0.250. The van der Waals surface area contributed by atoms with E-state index in [0.29, 0.717) is 6.20 Å². The van der Waals surface area contributed by atoms with E-state index in [-0.39, 0.29) is 39.7 Å². The molecule has 0 atom stereocenters. The van der Waals surface area contributed by atoms with E-state index >= 15 is 0 Å². The number of hydrogen-bond donors (Lipinski definition) is 0. The summed E-state index contributed by atoms with van der Waals surface area (Å²) in [6, 6.07) is 0.783. The number of nitrogens with zero attached hydrogens (tertiary/aromatic N) is 1. The number of halogens is 4. The van der Waals surface area contributed by atoms with Crippen LogP contribution in [-0.2, 0) is 17.4 Å². The minimum atomic E-state index is -4.49. The molecule has 1 heterocycles. The Morgan fingerprint density at radius 3 is 2.44 bits per heavy atom. The van der Waals surface area contributed by atoms with Gasteiger partial charge in [0.15, 0.2) is 0 Å². The third-order valence-corrected chi connectivity index (χ3v) is 2.24. The summed E-state index contributed by atoms with van der Waals surface area (Å²) in [7, 11) is 0. The Labute approximate surface area is 119 Å². The maximum Gasteiger partial charge on any atom is 1.00 e. The van der Waals surface area contributed by atoms with Crippen LogP contribution in [0.3, 0.4) is 0 Å². The minimum absolute atomic E-state index is 0. The van der Waals surface area contributed by atoms with E-state index in [1.807, 2.05) is 0 Å². The molecular weight excluding hydrogens is 302 g/mol. The van der Waals surface area contributed by atoms with Gasteiger partial charge in [-0.3, -0.25) is 4.98 Å². The SMILES string of the molecule is O=C([O-])Cc1ncc(C(F)(F)F)cc1Br.[Na+]. The predicted octanol–water partition coefficient (Wildman–Crippen LogP) is -1.84. The molecule has 0 fully saturated rings. The zero-order chi connectivity index (χ0) is 11.6. The second-order valence-corrected chi connectivity index (χ2v) is 3.55. The van der Waals surface area contributed by atoms with Gasteiger partial charge in [-0.2, -0.15) is 13.2 Å². The summed E-state index contributed by atoms with van der Waals surface area (Å²) in [5.41, 5.74) is -0.931. The zero-order valence-electron chi connectivity index (χ0n) is 8.14. The molecule has 0 aliphatic heterocycles. The van der Waals surface area contributed by atoms with E-state index in [2.05, 4.69) is 20.9 Å². The molecule has 1 aromatic heterocycles. The topological polar surface area (TPSA) is 53.0 Å². The molecule has 0 bridgehead atoms. The molecule has 16 heavy (non-hydrogen) atoms. The molecule has 0 spiro atoms. The number of aromatic nitrogens is 1. The van der Waals surface area contributed by atoms with Gasteiger partial charge in [-0.05, 0) is 22.0 Å². The van der Waals surface area contributed by atoms with Gasteiger partial charge >= 0.3 is 35.7 Å². The van der Waals surface area contributed by atoms with Crippen LogP contribution in [0, 0.1) is 0 Å². The Morgan fingerprint density at radius 1 is 1.50 bits per heavy atom. The van der Waals surface area contributed by atoms with Gasteiger partial charge in [0, 0.05) is 23.1 Å². The van der Waals surface area contributed by atoms with Gasteiger partial charge in [-0.15, -0.1) is 0 Å². The van der Waals surface area contributed by atoms with Crippen LogP contribution in [0.25, 0.3) is 0 Å². The second kappa shape index (κ2) is 6.00. The van der Waals surface area contributed by atoms with Crippen LogP contribution in [0.2, 0.25) is 0 Å². The molecule has 0 aromatic carbocycles. The summed E-state index contributed by atoms with van der Waals surface area (Å²) in [6.07, 6.45) is -4.43. The Hall–Kier alpha value is -0.110. The molecule has 0 aliphatic rings. The summed E-state index contributed by atoms with van der Waals surface area (Å²) in [5.74, 6) is -1.40. The van der Waals surface area contributed by atoms with Gasteiger partial charge < -0.3 is 9.90 Å². The van der Waals surface area contributed by atoms with Crippen molar-refractivity contribution in [2.75, 3.05) is 0 Å². The van der Waals surface area contributed by atoms with Crippen LogP contribution in [0.1, 0.15) is 11.3 Å². The van der Waals surface area contributed by atoms with Crippen LogP contribution >= 0.6 is 15.9 Å². The van der Waals surface area contributed by atoms with Crippen LogP contribution < -0.4 is 34.7 Å². The van der Waals surface area contributed by atoms with Gasteiger partial charge in [-0.25, -0.2) is 0 Å². The summed E-state index contributed by atoms with van der Waals surface area (Å²) in [4.78, 5) is 13.6. The first-order chi connectivity index (χ1) is 6.80. The number of carbonyl (C=O) groups excluding carboxylic acids is 1. The molecule has 3 nitrogen and oxygen atoms in total. The van der Waals surface area contributed by atoms with Crippen molar-refractivity contribution in [2.24, 2.45) is 0 Å². The molecule has 0 aliphatic carbocycles. The molecule has 0 N–H and O–H groups in total. The van der Waals surface area contributed by atoms with Crippen molar-refractivity contribution < 1.29 is 52.6 Å². The average molecular weight is 306 g/mol. The standard InChI is InChI=1S/C8H5BrF3NO2.Na/c9-5-1-4(8(10,11)12)3-13-6(5)2-7(14)15;/h1,3H,2H2,(H,14,15);/q;+1/p-1. The largest absolute Gasteiger partial charge is 1.00 e. The van der Waals surface area contributed by atoms with E-state index in [4.69, 9.17) is 0 Å². The quantitative estimate of drug-likeness (QED) is 0.604. The first-order valence-corrected chi connectivity index (χ1v) is 4.51. The van der Waals surface area contributed by atoms with Crippen LogP contribution in [0.5, 0.6) is 0 Å². The third kappa shape index (κ3) is 4.40. The molecule has 1 rings (SSSR count). The average Bonchev–Trinajstić information content (AvgIpc) is 2.05. The fourth-order valence-electron chi connectivity index (χ4n) is 0.888. The predicted molar refractivity (Wildman–Crippen MR) is 45.7 cm³/mol. The molecule has 0 unspecified atom stereocenters. The number of rotatable bonds is 2. The van der Waals surface area contributed by atoms with Gasteiger partial charge in [0.2, 0.25) is 0 Å². The Morgan fingerprint density at radius 2 is 2.06 bits per heavy atom. The molecule has 82 valence electrons. The van der Waals surface area contributed by atoms with Gasteiger partial charge in [-0.1, -0.05) is 0 Å². The summed E-state index contributed by atoms with van der Waals surface area (Å²) >= 11 is 2.81. The first kappa shape index (κ1) is 15.9. The van der Waals surface area contributed by atoms with Crippen LogP contribution in [-0.4, -0.2) is 11.0 Å². The van der Waals surface area contributed by atoms with Crippen LogP contribution in [0.4, 0.5) is 13.2 Å². The number of carboxylic acid groups (broad SMARTS) is 1. The fourth-order valence-corrected chi connectivity index (χ4v) is 1.38. The third-order valence-electron chi connectivity index (χ3n) is 1.56. The molecule has 0 amide bonds. The maximum absolute atomic E-state index is 12.2. The van der Waals surface area contributed by atoms with E-state index in [1.54, 1.807) is 0 Å². The Kier molecular flexibility index (Phi) is 5.95. The van der Waals surface area contributed by atoms with Crippen molar-refractivity contribution in [3.8, 4) is 0 Å². The van der Waals surface area contributed by atoms with E-state index in [1.165, 1.54) is 0 Å². The number of carboxylic acids is 1. The number of carbonyl (C=O) groups is 1. The van der Waals surface area contributed by atoms with Gasteiger partial charge in [0.25, 0.3) is 0 Å². The van der Waals surface area contributed by atoms with Crippen LogP contribution in [0.15, 0.2) is 16.7 Å². The van der Waals surface area contributed by atoms with Gasteiger partial charge in [0.05, 0.1) is 11.3 Å². The molecule has 8 heteroatoms. The zero-order valence-corrected chi connectivity index (χ0v) is 11.7. The van der Waals surface area contributed by atoms with E-state index in [0.717, 1.165) is 6.07 Å². The maximum atomic E-state index is 12.2. The summed E-state index contributed by atoms with van der Waals surface area (Å²) in [5, 5.41) is 10.2. The number of aliphatic carboxylic acids is 1. The smallest absolute Gasteiger partial charge is 0.550 e. The number of alkyl halides is 3. The summed E-state index contributed by atoms with van der Waals surface area (Å²) < 4.78 is 36.5. The molecular formula is C8H4BrF3NNaO2. The monoisotopic (exact) mass is 305 g/mol. The molecule has 0 radical (unpaired) electrons. The molecule has 1 aromatic rings. The summed E-state index contributed by atoms with van der Waals surface area (Å²) in [6.45, 7) is 0. The normalized spacial score (nSPS) is 10.8.